The topological polar surface area (TPSA) is 97.1 Å². The van der Waals surface area contributed by atoms with Crippen molar-refractivity contribution in [2.75, 3.05) is 10.6 Å². The summed E-state index contributed by atoms with van der Waals surface area (Å²) < 4.78 is 46.0. The van der Waals surface area contributed by atoms with Crippen LogP contribution in [0.4, 0.5) is 24.5 Å². The molecule has 2 amide bonds. The Morgan fingerprint density at radius 3 is 2.43 bits per heavy atom. The third kappa shape index (κ3) is 4.59. The molecule has 2 heterocycles. The van der Waals surface area contributed by atoms with Gasteiger partial charge in [-0.15, -0.1) is 0 Å². The van der Waals surface area contributed by atoms with Crippen LogP contribution >= 0.6 is 0 Å². The molecule has 1 fully saturated rings. The molecule has 2 aromatic heterocycles. The van der Waals surface area contributed by atoms with Crippen LogP contribution in [0.5, 0.6) is 0 Å². The lowest BCUT2D eigenvalue weighted by molar-refractivity contribution is -0.137. The van der Waals surface area contributed by atoms with E-state index >= 15 is 0 Å². The van der Waals surface area contributed by atoms with Crippen molar-refractivity contribution in [1.82, 2.24) is 10.1 Å². The van der Waals surface area contributed by atoms with Gasteiger partial charge in [-0.1, -0.05) is 29.4 Å². The van der Waals surface area contributed by atoms with Gasteiger partial charge in [-0.25, -0.2) is 4.98 Å². The summed E-state index contributed by atoms with van der Waals surface area (Å²) in [6.45, 7) is 1.61. The number of anilines is 2. The number of benzene rings is 2. The zero-order valence-corrected chi connectivity index (χ0v) is 18.4. The van der Waals surface area contributed by atoms with Crippen LogP contribution in [-0.4, -0.2) is 22.0 Å². The van der Waals surface area contributed by atoms with E-state index in [0.717, 1.165) is 18.9 Å². The molecule has 0 bridgehead atoms. The Labute approximate surface area is 197 Å². The van der Waals surface area contributed by atoms with E-state index in [9.17, 15) is 22.8 Å². The Bertz CT molecular complexity index is 1460. The minimum absolute atomic E-state index is 0.0212. The van der Waals surface area contributed by atoms with Gasteiger partial charge in [-0.3, -0.25) is 9.59 Å². The quantitative estimate of drug-likeness (QED) is 0.375. The fraction of sp³-hybridized carbons (Fsp3) is 0.200. The average molecular weight is 480 g/mol. The van der Waals surface area contributed by atoms with Gasteiger partial charge in [0.15, 0.2) is 0 Å². The maximum atomic E-state index is 13.6. The number of halogens is 3. The van der Waals surface area contributed by atoms with Crippen molar-refractivity contribution in [3.63, 3.8) is 0 Å². The zero-order chi connectivity index (χ0) is 24.7. The Hall–Kier alpha value is -4.21. The number of nitrogens with zero attached hydrogens (tertiary/aromatic N) is 2. The lowest BCUT2D eigenvalue weighted by Crippen LogP contribution is -2.15. The first-order valence-electron chi connectivity index (χ1n) is 10.9. The number of rotatable bonds is 5. The smallest absolute Gasteiger partial charge is 0.335 e. The number of aromatic nitrogens is 2. The molecule has 178 valence electrons. The second-order valence-electron chi connectivity index (χ2n) is 8.34. The lowest BCUT2D eigenvalue weighted by Gasteiger charge is -2.13. The standard InChI is InChI=1S/C25H19F3N4O3/c1-13-21-18(23(34)30-16-6-4-5-15(11-16)29-22(33)14-9-10-14)12-20(31-24(21)35-32-13)17-7-2-3-8-19(17)25(26,27)28/h2-8,11-12,14H,9-10H2,1H3,(H,29,33)(H,30,34). The predicted octanol–water partition coefficient (Wildman–Crippen LogP) is 5.82. The van der Waals surface area contributed by atoms with Gasteiger partial charge in [0.1, 0.15) is 0 Å². The lowest BCUT2D eigenvalue weighted by atomic mass is 10.0. The maximum absolute atomic E-state index is 13.6. The molecule has 7 nitrogen and oxygen atoms in total. The van der Waals surface area contributed by atoms with Gasteiger partial charge in [0, 0.05) is 22.9 Å². The molecule has 0 saturated heterocycles. The molecule has 1 aliphatic rings. The van der Waals surface area contributed by atoms with Crippen molar-refractivity contribution in [2.24, 2.45) is 5.92 Å². The molecule has 10 heteroatoms. The second kappa shape index (κ2) is 8.53. The van der Waals surface area contributed by atoms with Gasteiger partial charge < -0.3 is 15.2 Å². The van der Waals surface area contributed by atoms with Gasteiger partial charge in [-0.05, 0) is 50.1 Å². The number of alkyl halides is 3. The number of carbonyl (C=O) groups is 2. The van der Waals surface area contributed by atoms with E-state index in [-0.39, 0.29) is 34.4 Å². The molecule has 0 atom stereocenters. The minimum Gasteiger partial charge on any atom is -0.335 e. The molecule has 1 aliphatic carbocycles. The molecule has 4 aromatic rings. The summed E-state index contributed by atoms with van der Waals surface area (Å²) in [6.07, 6.45) is -2.89. The summed E-state index contributed by atoms with van der Waals surface area (Å²) in [6, 6.07) is 12.9. The molecule has 5 rings (SSSR count). The number of nitrogens with one attached hydrogen (secondary N) is 2. The average Bonchev–Trinajstić information content (AvgIpc) is 3.61. The van der Waals surface area contributed by atoms with Crippen LogP contribution in [0, 0.1) is 12.8 Å². The highest BCUT2D eigenvalue weighted by atomic mass is 19.4. The molecule has 2 N–H and O–H groups in total. The fourth-order valence-corrected chi connectivity index (χ4v) is 3.83. The van der Waals surface area contributed by atoms with Crippen LogP contribution < -0.4 is 10.6 Å². The van der Waals surface area contributed by atoms with Crippen LogP contribution in [0.1, 0.15) is 34.5 Å². The number of hydrogen-bond donors (Lipinski definition) is 2. The van der Waals surface area contributed by atoms with Crippen molar-refractivity contribution < 1.29 is 27.3 Å². The number of aryl methyl sites for hydroxylation is 1. The molecular formula is C25H19F3N4O3. The van der Waals surface area contributed by atoms with Gasteiger partial charge in [0.2, 0.25) is 5.91 Å². The molecule has 1 saturated carbocycles. The number of carbonyl (C=O) groups excluding carboxylic acids is 2. The molecule has 0 spiro atoms. The van der Waals surface area contributed by atoms with Crippen LogP contribution in [-0.2, 0) is 11.0 Å². The monoisotopic (exact) mass is 480 g/mol. The van der Waals surface area contributed by atoms with E-state index in [1.165, 1.54) is 24.3 Å². The van der Waals surface area contributed by atoms with Crippen molar-refractivity contribution in [3.05, 3.63) is 71.4 Å². The molecule has 0 aliphatic heterocycles. The van der Waals surface area contributed by atoms with E-state index in [2.05, 4.69) is 20.8 Å². The van der Waals surface area contributed by atoms with E-state index in [1.54, 1.807) is 31.2 Å². The third-order valence-electron chi connectivity index (χ3n) is 5.71. The van der Waals surface area contributed by atoms with Crippen LogP contribution in [0.2, 0.25) is 0 Å². The Balaban J connectivity index is 1.52. The highest BCUT2D eigenvalue weighted by Gasteiger charge is 2.34. The molecule has 0 unspecified atom stereocenters. The Morgan fingerprint density at radius 1 is 1.00 bits per heavy atom. The van der Waals surface area contributed by atoms with Crippen molar-refractivity contribution in [1.29, 1.82) is 0 Å². The van der Waals surface area contributed by atoms with Gasteiger partial charge in [0.05, 0.1) is 27.9 Å². The third-order valence-corrected chi connectivity index (χ3v) is 5.71. The van der Waals surface area contributed by atoms with Crippen molar-refractivity contribution in [2.45, 2.75) is 25.9 Å². The van der Waals surface area contributed by atoms with Crippen LogP contribution in [0.3, 0.4) is 0 Å². The molecule has 2 aromatic carbocycles. The fourth-order valence-electron chi connectivity index (χ4n) is 3.83. The largest absolute Gasteiger partial charge is 0.417 e. The number of pyridine rings is 1. The zero-order valence-electron chi connectivity index (χ0n) is 18.4. The number of amides is 2. The summed E-state index contributed by atoms with van der Waals surface area (Å²) in [5.41, 5.74) is 0.181. The first-order valence-corrected chi connectivity index (χ1v) is 10.9. The van der Waals surface area contributed by atoms with Crippen LogP contribution in [0.15, 0.2) is 59.1 Å². The second-order valence-corrected chi connectivity index (χ2v) is 8.34. The van der Waals surface area contributed by atoms with Gasteiger partial charge in [-0.2, -0.15) is 13.2 Å². The summed E-state index contributed by atoms with van der Waals surface area (Å²) in [7, 11) is 0. The maximum Gasteiger partial charge on any atom is 0.417 e. The SMILES string of the molecule is Cc1noc2nc(-c3ccccc3C(F)(F)F)cc(C(=O)Nc3cccc(NC(=O)C4CC4)c3)c12. The van der Waals surface area contributed by atoms with Gasteiger partial charge >= 0.3 is 6.18 Å². The van der Waals surface area contributed by atoms with E-state index < -0.39 is 17.6 Å². The highest BCUT2D eigenvalue weighted by molar-refractivity contribution is 6.13. The Kier molecular flexibility index (Phi) is 5.50. The number of hydrogen-bond acceptors (Lipinski definition) is 5. The van der Waals surface area contributed by atoms with Gasteiger partial charge in [0.25, 0.3) is 11.6 Å². The molecule has 0 radical (unpaired) electrons. The minimum atomic E-state index is -4.61. The molecule has 35 heavy (non-hydrogen) atoms. The first-order chi connectivity index (χ1) is 16.7. The normalized spacial score (nSPS) is 13.6. The highest BCUT2D eigenvalue weighted by Crippen LogP contribution is 2.38. The van der Waals surface area contributed by atoms with E-state index in [1.807, 2.05) is 0 Å². The van der Waals surface area contributed by atoms with E-state index in [4.69, 9.17) is 4.52 Å². The van der Waals surface area contributed by atoms with Crippen molar-refractivity contribution in [3.8, 4) is 11.3 Å². The predicted molar refractivity (Wildman–Crippen MR) is 123 cm³/mol. The van der Waals surface area contributed by atoms with E-state index in [0.29, 0.717) is 22.5 Å². The first kappa shape index (κ1) is 22.6. The summed E-state index contributed by atoms with van der Waals surface area (Å²) in [5.74, 6) is -0.634. The van der Waals surface area contributed by atoms with Crippen LogP contribution in [0.25, 0.3) is 22.4 Å². The number of fused-ring (bicyclic) bond motifs is 1. The summed E-state index contributed by atoms with van der Waals surface area (Å²) in [4.78, 5) is 29.5. The Morgan fingerprint density at radius 2 is 1.71 bits per heavy atom. The summed E-state index contributed by atoms with van der Waals surface area (Å²) in [5, 5.41) is 9.68. The molecular weight excluding hydrogens is 461 g/mol. The van der Waals surface area contributed by atoms with Crippen molar-refractivity contribution >= 4 is 34.3 Å². The summed E-state index contributed by atoms with van der Waals surface area (Å²) >= 11 is 0.